The zero-order valence-corrected chi connectivity index (χ0v) is 20.2. The number of carbonyl (C=O) groups is 1. The van der Waals surface area contributed by atoms with Crippen molar-refractivity contribution in [3.05, 3.63) is 101 Å². The highest BCUT2D eigenvalue weighted by atomic mass is 16.5. The van der Waals surface area contributed by atoms with Crippen LogP contribution in [-0.4, -0.2) is 31.8 Å². The fourth-order valence-corrected chi connectivity index (χ4v) is 3.90. The Morgan fingerprint density at radius 1 is 0.914 bits per heavy atom. The third-order valence-electron chi connectivity index (χ3n) is 5.89. The molecule has 3 aromatic carbocycles. The second-order valence-corrected chi connectivity index (χ2v) is 8.18. The van der Waals surface area contributed by atoms with E-state index in [-0.39, 0.29) is 5.97 Å². The zero-order valence-electron chi connectivity index (χ0n) is 20.2. The largest absolute Gasteiger partial charge is 0.497 e. The maximum atomic E-state index is 12.4. The SMILES string of the molecule is COC(=O)C(Cc1ccc(OCCc2nc(-c3ccccc3)oc2C)cc1)c1ccc(OC)cc1. The van der Waals surface area contributed by atoms with Crippen LogP contribution in [0.25, 0.3) is 11.5 Å². The Kier molecular flexibility index (Phi) is 7.83. The molecular formula is C29H29NO5. The van der Waals surface area contributed by atoms with Crippen LogP contribution >= 0.6 is 0 Å². The van der Waals surface area contributed by atoms with Crippen molar-refractivity contribution in [2.45, 2.75) is 25.7 Å². The van der Waals surface area contributed by atoms with E-state index in [1.54, 1.807) is 7.11 Å². The standard InChI is InChI=1S/C29H29NO5/c1-20-27(30-28(35-20)23-7-5-4-6-8-23)17-18-34-25-13-9-21(10-14-25)19-26(29(31)33-3)22-11-15-24(32-2)16-12-22/h4-16,26H,17-19H2,1-3H3. The molecule has 0 N–H and O–H groups in total. The van der Waals surface area contributed by atoms with Gasteiger partial charge in [0.05, 0.1) is 32.4 Å². The first-order valence-corrected chi connectivity index (χ1v) is 11.5. The molecule has 1 heterocycles. The van der Waals surface area contributed by atoms with Gasteiger partial charge in [0, 0.05) is 12.0 Å². The van der Waals surface area contributed by atoms with Gasteiger partial charge in [-0.25, -0.2) is 4.98 Å². The van der Waals surface area contributed by atoms with Crippen LogP contribution in [0, 0.1) is 6.92 Å². The number of aryl methyl sites for hydroxylation is 1. The predicted molar refractivity (Wildman–Crippen MR) is 134 cm³/mol. The van der Waals surface area contributed by atoms with Crippen molar-refractivity contribution in [1.29, 1.82) is 0 Å². The lowest BCUT2D eigenvalue weighted by Crippen LogP contribution is -2.16. The number of methoxy groups -OCH3 is 2. The van der Waals surface area contributed by atoms with E-state index < -0.39 is 5.92 Å². The molecule has 0 bridgehead atoms. The van der Waals surface area contributed by atoms with E-state index in [1.165, 1.54) is 7.11 Å². The Balaban J connectivity index is 1.35. The van der Waals surface area contributed by atoms with Crippen molar-refractivity contribution in [1.82, 2.24) is 4.98 Å². The van der Waals surface area contributed by atoms with Crippen molar-refractivity contribution in [2.75, 3.05) is 20.8 Å². The number of aromatic nitrogens is 1. The first-order chi connectivity index (χ1) is 17.1. The summed E-state index contributed by atoms with van der Waals surface area (Å²) in [5, 5.41) is 0. The van der Waals surface area contributed by atoms with E-state index in [4.69, 9.17) is 18.6 Å². The first kappa shape index (κ1) is 24.1. The Bertz CT molecular complexity index is 1230. The highest BCUT2D eigenvalue weighted by Crippen LogP contribution is 2.26. The minimum Gasteiger partial charge on any atom is -0.497 e. The van der Waals surface area contributed by atoms with E-state index in [0.29, 0.717) is 25.3 Å². The van der Waals surface area contributed by atoms with Crippen LogP contribution in [0.2, 0.25) is 0 Å². The Morgan fingerprint density at radius 2 is 1.60 bits per heavy atom. The predicted octanol–water partition coefficient (Wildman–Crippen LogP) is 5.78. The van der Waals surface area contributed by atoms with E-state index in [2.05, 4.69) is 4.98 Å². The third-order valence-corrected chi connectivity index (χ3v) is 5.89. The topological polar surface area (TPSA) is 70.8 Å². The van der Waals surface area contributed by atoms with Gasteiger partial charge in [0.2, 0.25) is 5.89 Å². The van der Waals surface area contributed by atoms with E-state index in [0.717, 1.165) is 39.6 Å². The number of nitrogens with zero attached hydrogens (tertiary/aromatic N) is 1. The minimum absolute atomic E-state index is 0.270. The van der Waals surface area contributed by atoms with Gasteiger partial charge in [-0.15, -0.1) is 0 Å². The van der Waals surface area contributed by atoms with E-state index >= 15 is 0 Å². The molecule has 35 heavy (non-hydrogen) atoms. The molecule has 0 radical (unpaired) electrons. The molecule has 180 valence electrons. The molecule has 4 aromatic rings. The van der Waals surface area contributed by atoms with Gasteiger partial charge >= 0.3 is 5.97 Å². The van der Waals surface area contributed by atoms with Crippen LogP contribution in [0.15, 0.2) is 83.3 Å². The molecule has 0 fully saturated rings. The molecule has 1 aromatic heterocycles. The monoisotopic (exact) mass is 471 g/mol. The van der Waals surface area contributed by atoms with Gasteiger partial charge in [-0.3, -0.25) is 4.79 Å². The molecule has 4 rings (SSSR count). The average Bonchev–Trinajstić information content (AvgIpc) is 3.28. The number of hydrogen-bond acceptors (Lipinski definition) is 6. The summed E-state index contributed by atoms with van der Waals surface area (Å²) in [6.07, 6.45) is 1.17. The number of hydrogen-bond donors (Lipinski definition) is 0. The lowest BCUT2D eigenvalue weighted by molar-refractivity contribution is -0.142. The molecule has 1 atom stereocenters. The summed E-state index contributed by atoms with van der Waals surface area (Å²) in [5.74, 6) is 2.27. The lowest BCUT2D eigenvalue weighted by Gasteiger charge is -2.16. The summed E-state index contributed by atoms with van der Waals surface area (Å²) in [6, 6.07) is 25.1. The van der Waals surface area contributed by atoms with Crippen molar-refractivity contribution in [3.63, 3.8) is 0 Å². The first-order valence-electron chi connectivity index (χ1n) is 11.5. The average molecular weight is 472 g/mol. The molecule has 1 unspecified atom stereocenters. The summed E-state index contributed by atoms with van der Waals surface area (Å²) >= 11 is 0. The Hall–Kier alpha value is -4.06. The van der Waals surface area contributed by atoms with Gasteiger partial charge in [0.25, 0.3) is 0 Å². The summed E-state index contributed by atoms with van der Waals surface area (Å²) in [6.45, 7) is 2.40. The highest BCUT2D eigenvalue weighted by molar-refractivity contribution is 5.78. The summed E-state index contributed by atoms with van der Waals surface area (Å²) < 4.78 is 22.0. The molecule has 0 saturated carbocycles. The second kappa shape index (κ2) is 11.4. The molecule has 6 heteroatoms. The van der Waals surface area contributed by atoms with E-state index in [1.807, 2.05) is 85.8 Å². The number of oxazole rings is 1. The normalized spacial score (nSPS) is 11.6. The van der Waals surface area contributed by atoms with Crippen molar-refractivity contribution in [3.8, 4) is 23.0 Å². The van der Waals surface area contributed by atoms with Gasteiger partial charge in [-0.2, -0.15) is 0 Å². The van der Waals surface area contributed by atoms with Gasteiger partial charge in [0.15, 0.2) is 0 Å². The molecule has 0 saturated heterocycles. The van der Waals surface area contributed by atoms with Crippen LogP contribution in [-0.2, 0) is 22.4 Å². The smallest absolute Gasteiger partial charge is 0.313 e. The molecule has 0 aliphatic rings. The lowest BCUT2D eigenvalue weighted by atomic mass is 9.92. The number of esters is 1. The molecule has 0 spiro atoms. The van der Waals surface area contributed by atoms with Crippen LogP contribution in [0.4, 0.5) is 0 Å². The third kappa shape index (κ3) is 6.09. The maximum absolute atomic E-state index is 12.4. The minimum atomic E-state index is -0.397. The van der Waals surface area contributed by atoms with Gasteiger partial charge in [0.1, 0.15) is 17.3 Å². The number of carbonyl (C=O) groups excluding carboxylic acids is 1. The molecule has 6 nitrogen and oxygen atoms in total. The fourth-order valence-electron chi connectivity index (χ4n) is 3.90. The van der Waals surface area contributed by atoms with Crippen LogP contribution in [0.1, 0.15) is 28.5 Å². The maximum Gasteiger partial charge on any atom is 0.313 e. The van der Waals surface area contributed by atoms with Crippen molar-refractivity contribution >= 4 is 5.97 Å². The Morgan fingerprint density at radius 3 is 2.26 bits per heavy atom. The van der Waals surface area contributed by atoms with Crippen molar-refractivity contribution in [2.24, 2.45) is 0 Å². The summed E-state index contributed by atoms with van der Waals surface area (Å²) in [5.41, 5.74) is 3.75. The van der Waals surface area contributed by atoms with Crippen LogP contribution in [0.3, 0.4) is 0 Å². The molecule has 0 aliphatic heterocycles. The molecule has 0 aliphatic carbocycles. The van der Waals surface area contributed by atoms with Gasteiger partial charge in [-0.1, -0.05) is 42.5 Å². The van der Waals surface area contributed by atoms with Crippen LogP contribution in [0.5, 0.6) is 11.5 Å². The molecule has 0 amide bonds. The number of ether oxygens (including phenoxy) is 3. The number of benzene rings is 3. The summed E-state index contributed by atoms with van der Waals surface area (Å²) in [4.78, 5) is 17.1. The summed E-state index contributed by atoms with van der Waals surface area (Å²) in [7, 11) is 3.03. The second-order valence-electron chi connectivity index (χ2n) is 8.18. The zero-order chi connectivity index (χ0) is 24.6. The van der Waals surface area contributed by atoms with Crippen LogP contribution < -0.4 is 9.47 Å². The van der Waals surface area contributed by atoms with Gasteiger partial charge < -0.3 is 18.6 Å². The quantitative estimate of drug-likeness (QED) is 0.273. The van der Waals surface area contributed by atoms with Gasteiger partial charge in [-0.05, 0) is 60.9 Å². The van der Waals surface area contributed by atoms with Crippen molar-refractivity contribution < 1.29 is 23.4 Å². The van der Waals surface area contributed by atoms with E-state index in [9.17, 15) is 4.79 Å². The Labute approximate surface area is 205 Å². The highest BCUT2D eigenvalue weighted by Gasteiger charge is 2.22. The number of rotatable bonds is 10. The fraction of sp³-hybridized carbons (Fsp3) is 0.241. The molecular weight excluding hydrogens is 442 g/mol.